The Balaban J connectivity index is 1.27. The number of hydrogen-bond donors (Lipinski definition) is 3. The Hall–Kier alpha value is -5.50. The fourth-order valence-corrected chi connectivity index (χ4v) is 4.23. The number of imidazole rings is 1. The van der Waals surface area contributed by atoms with Crippen LogP contribution >= 0.6 is 0 Å². The zero-order chi connectivity index (χ0) is 26.4. The second-order valence-corrected chi connectivity index (χ2v) is 8.94. The molecule has 0 saturated heterocycles. The number of carbonyl (C=O) groups excluding carboxylic acids is 1. The van der Waals surface area contributed by atoms with E-state index in [1.165, 1.54) is 0 Å². The summed E-state index contributed by atoms with van der Waals surface area (Å²) in [4.78, 5) is 26.7. The number of rotatable bonds is 7. The first-order valence-electron chi connectivity index (χ1n) is 12.5. The van der Waals surface area contributed by atoms with Gasteiger partial charge in [-0.1, -0.05) is 78.9 Å². The number of nitrogens with one attached hydrogen (secondary N) is 3. The molecule has 8 heteroatoms. The fourth-order valence-electron chi connectivity index (χ4n) is 4.23. The van der Waals surface area contributed by atoms with Crippen molar-refractivity contribution in [1.29, 1.82) is 0 Å². The lowest BCUT2D eigenvalue weighted by Crippen LogP contribution is -2.19. The van der Waals surface area contributed by atoms with Crippen molar-refractivity contribution < 1.29 is 4.79 Å². The van der Waals surface area contributed by atoms with E-state index in [0.717, 1.165) is 28.1 Å². The van der Waals surface area contributed by atoms with Crippen LogP contribution in [0.1, 0.15) is 5.56 Å². The van der Waals surface area contributed by atoms with Gasteiger partial charge in [-0.2, -0.15) is 0 Å². The van der Waals surface area contributed by atoms with Crippen LogP contribution in [0.4, 0.5) is 27.7 Å². The second-order valence-electron chi connectivity index (χ2n) is 8.94. The third kappa shape index (κ3) is 5.60. The van der Waals surface area contributed by atoms with Crippen LogP contribution in [0.15, 0.2) is 122 Å². The molecular weight excluding hydrogens is 486 g/mol. The number of fused-ring (bicyclic) bond motifs is 1. The Morgan fingerprint density at radius 2 is 1.26 bits per heavy atom. The monoisotopic (exact) mass is 511 g/mol. The van der Waals surface area contributed by atoms with Crippen molar-refractivity contribution in [3.05, 3.63) is 127 Å². The molecule has 6 aromatic rings. The zero-order valence-corrected chi connectivity index (χ0v) is 21.0. The number of para-hydroxylation sites is 1. The summed E-state index contributed by atoms with van der Waals surface area (Å²) in [5.41, 5.74) is 5.69. The minimum atomic E-state index is -0.309. The fraction of sp³-hybridized carbons (Fsp3) is 0.0323. The number of nitrogens with zero attached hydrogens (tertiary/aromatic N) is 4. The number of aromatic nitrogens is 4. The SMILES string of the molecule is O=C(Nc1ccccc1)Nc1ccc(Nc2nc(-c3ccccc3)nc3c2ncn3Cc2ccccc2)cc1. The third-order valence-corrected chi connectivity index (χ3v) is 6.13. The number of amides is 2. The van der Waals surface area contributed by atoms with E-state index >= 15 is 0 Å². The van der Waals surface area contributed by atoms with Crippen molar-refractivity contribution in [1.82, 2.24) is 19.5 Å². The van der Waals surface area contributed by atoms with Gasteiger partial charge in [-0.05, 0) is 42.0 Å². The normalized spacial score (nSPS) is 10.8. The average Bonchev–Trinajstić information content (AvgIpc) is 3.38. The van der Waals surface area contributed by atoms with Crippen LogP contribution in [0.2, 0.25) is 0 Å². The molecule has 2 heterocycles. The van der Waals surface area contributed by atoms with E-state index in [4.69, 9.17) is 9.97 Å². The first-order valence-corrected chi connectivity index (χ1v) is 12.5. The number of carbonyl (C=O) groups is 1. The molecule has 0 unspecified atom stereocenters. The van der Waals surface area contributed by atoms with Crippen LogP contribution < -0.4 is 16.0 Å². The van der Waals surface area contributed by atoms with E-state index in [1.807, 2.05) is 108 Å². The topological polar surface area (TPSA) is 96.8 Å². The first kappa shape index (κ1) is 23.9. The Kier molecular flexibility index (Phi) is 6.65. The molecule has 0 atom stereocenters. The highest BCUT2D eigenvalue weighted by Crippen LogP contribution is 2.27. The van der Waals surface area contributed by atoms with Crippen molar-refractivity contribution in [2.45, 2.75) is 6.54 Å². The van der Waals surface area contributed by atoms with Gasteiger partial charge in [-0.15, -0.1) is 0 Å². The molecule has 0 aliphatic heterocycles. The van der Waals surface area contributed by atoms with Crippen LogP contribution in [0.25, 0.3) is 22.6 Å². The molecule has 190 valence electrons. The smallest absolute Gasteiger partial charge is 0.323 e. The lowest BCUT2D eigenvalue weighted by atomic mass is 10.2. The number of hydrogen-bond acceptors (Lipinski definition) is 5. The minimum Gasteiger partial charge on any atom is -0.338 e. The Morgan fingerprint density at radius 3 is 1.95 bits per heavy atom. The summed E-state index contributed by atoms with van der Waals surface area (Å²) in [5, 5.41) is 9.06. The summed E-state index contributed by atoms with van der Waals surface area (Å²) in [6.07, 6.45) is 1.80. The highest BCUT2D eigenvalue weighted by atomic mass is 16.2. The van der Waals surface area contributed by atoms with Crippen LogP contribution in [0.3, 0.4) is 0 Å². The Bertz CT molecular complexity index is 1700. The molecule has 8 nitrogen and oxygen atoms in total. The van der Waals surface area contributed by atoms with Gasteiger partial charge in [0, 0.05) is 22.6 Å². The van der Waals surface area contributed by atoms with Gasteiger partial charge in [0.05, 0.1) is 12.9 Å². The van der Waals surface area contributed by atoms with Gasteiger partial charge in [0.15, 0.2) is 22.8 Å². The molecule has 0 radical (unpaired) electrons. The molecule has 0 bridgehead atoms. The lowest BCUT2D eigenvalue weighted by molar-refractivity contribution is 0.262. The summed E-state index contributed by atoms with van der Waals surface area (Å²) in [7, 11) is 0. The summed E-state index contributed by atoms with van der Waals surface area (Å²) in [6, 6.07) is 36.5. The Morgan fingerprint density at radius 1 is 0.667 bits per heavy atom. The van der Waals surface area contributed by atoms with Gasteiger partial charge in [0.2, 0.25) is 0 Å². The van der Waals surface area contributed by atoms with Crippen LogP contribution in [0, 0.1) is 0 Å². The van der Waals surface area contributed by atoms with Gasteiger partial charge in [-0.3, -0.25) is 0 Å². The van der Waals surface area contributed by atoms with E-state index in [1.54, 1.807) is 6.33 Å². The van der Waals surface area contributed by atoms with Gasteiger partial charge < -0.3 is 20.5 Å². The molecule has 2 amide bonds. The van der Waals surface area contributed by atoms with Gasteiger partial charge in [-0.25, -0.2) is 19.7 Å². The van der Waals surface area contributed by atoms with Gasteiger partial charge in [0.1, 0.15) is 0 Å². The van der Waals surface area contributed by atoms with Crippen molar-refractivity contribution in [2.75, 3.05) is 16.0 Å². The van der Waals surface area contributed by atoms with Crippen LogP contribution in [-0.2, 0) is 6.54 Å². The summed E-state index contributed by atoms with van der Waals surface area (Å²) in [5.74, 6) is 1.21. The van der Waals surface area contributed by atoms with Crippen LogP contribution in [-0.4, -0.2) is 25.6 Å². The number of anilines is 4. The Labute approximate surface area is 225 Å². The summed E-state index contributed by atoms with van der Waals surface area (Å²) >= 11 is 0. The van der Waals surface area contributed by atoms with E-state index < -0.39 is 0 Å². The summed E-state index contributed by atoms with van der Waals surface area (Å²) < 4.78 is 2.03. The number of benzene rings is 4. The van der Waals surface area contributed by atoms with E-state index in [-0.39, 0.29) is 6.03 Å². The maximum absolute atomic E-state index is 12.3. The average molecular weight is 512 g/mol. The molecule has 4 aromatic carbocycles. The largest absolute Gasteiger partial charge is 0.338 e. The molecule has 2 aromatic heterocycles. The standard InChI is InChI=1S/C31H25N7O/c39-31(34-24-14-8-3-9-15-24)35-26-18-16-25(17-19-26)33-29-27-30(37-28(36-29)23-12-6-2-7-13-23)38(21-32-27)20-22-10-4-1-5-11-22/h1-19,21H,20H2,(H,33,36,37)(H2,34,35,39). The molecule has 6 rings (SSSR count). The van der Waals surface area contributed by atoms with Crippen LogP contribution in [0.5, 0.6) is 0 Å². The molecule has 39 heavy (non-hydrogen) atoms. The van der Waals surface area contributed by atoms with E-state index in [0.29, 0.717) is 29.4 Å². The third-order valence-electron chi connectivity index (χ3n) is 6.13. The first-order chi connectivity index (χ1) is 19.2. The molecule has 0 fully saturated rings. The molecule has 0 spiro atoms. The molecule has 0 aliphatic rings. The molecule has 0 saturated carbocycles. The predicted octanol–water partition coefficient (Wildman–Crippen LogP) is 6.93. The van der Waals surface area contributed by atoms with Gasteiger partial charge in [0.25, 0.3) is 0 Å². The maximum Gasteiger partial charge on any atom is 0.323 e. The van der Waals surface area contributed by atoms with Gasteiger partial charge >= 0.3 is 6.03 Å². The second kappa shape index (κ2) is 10.9. The zero-order valence-electron chi connectivity index (χ0n) is 21.0. The highest BCUT2D eigenvalue weighted by molar-refractivity contribution is 5.99. The van der Waals surface area contributed by atoms with Crippen molar-refractivity contribution in [2.24, 2.45) is 0 Å². The van der Waals surface area contributed by atoms with E-state index in [9.17, 15) is 4.79 Å². The van der Waals surface area contributed by atoms with Crippen molar-refractivity contribution >= 4 is 40.1 Å². The highest BCUT2D eigenvalue weighted by Gasteiger charge is 2.15. The lowest BCUT2D eigenvalue weighted by Gasteiger charge is -2.11. The number of urea groups is 1. The molecule has 3 N–H and O–H groups in total. The molecular formula is C31H25N7O. The minimum absolute atomic E-state index is 0.309. The predicted molar refractivity (Wildman–Crippen MR) is 155 cm³/mol. The van der Waals surface area contributed by atoms with Crippen molar-refractivity contribution in [3.8, 4) is 11.4 Å². The summed E-state index contributed by atoms with van der Waals surface area (Å²) in [6.45, 7) is 0.646. The maximum atomic E-state index is 12.3. The quantitative estimate of drug-likeness (QED) is 0.216. The van der Waals surface area contributed by atoms with Crippen molar-refractivity contribution in [3.63, 3.8) is 0 Å². The molecule has 0 aliphatic carbocycles. The van der Waals surface area contributed by atoms with E-state index in [2.05, 4.69) is 33.1 Å².